The molecule has 0 heterocycles. The van der Waals surface area contributed by atoms with Crippen molar-refractivity contribution in [1.82, 2.24) is 0 Å². The van der Waals surface area contributed by atoms with Crippen LogP contribution in [0.25, 0.3) is 0 Å². The SMILES string of the molecule is COc1cccc(CCCO)c1OC1CCCC1. The van der Waals surface area contributed by atoms with Crippen molar-refractivity contribution in [3.8, 4) is 11.5 Å². The van der Waals surface area contributed by atoms with Gasteiger partial charge in [0.2, 0.25) is 0 Å². The van der Waals surface area contributed by atoms with Crippen LogP contribution in [0.2, 0.25) is 0 Å². The number of rotatable bonds is 6. The Kier molecular flexibility index (Phi) is 4.88. The van der Waals surface area contributed by atoms with Gasteiger partial charge in [-0.2, -0.15) is 0 Å². The van der Waals surface area contributed by atoms with E-state index in [4.69, 9.17) is 14.6 Å². The Bertz CT molecular complexity index is 370. The minimum atomic E-state index is 0.208. The van der Waals surface area contributed by atoms with Gasteiger partial charge in [0.25, 0.3) is 0 Å². The van der Waals surface area contributed by atoms with Gasteiger partial charge in [0.15, 0.2) is 11.5 Å². The van der Waals surface area contributed by atoms with Crippen molar-refractivity contribution in [3.05, 3.63) is 23.8 Å². The smallest absolute Gasteiger partial charge is 0.164 e. The molecule has 1 aliphatic rings. The van der Waals surface area contributed by atoms with E-state index in [0.717, 1.165) is 42.7 Å². The molecule has 0 saturated heterocycles. The third kappa shape index (κ3) is 3.16. The summed E-state index contributed by atoms with van der Waals surface area (Å²) < 4.78 is 11.5. The molecule has 0 atom stereocenters. The van der Waals surface area contributed by atoms with Gasteiger partial charge in [-0.25, -0.2) is 0 Å². The molecule has 1 fully saturated rings. The molecule has 1 N–H and O–H groups in total. The fraction of sp³-hybridized carbons (Fsp3) is 0.600. The molecule has 0 amide bonds. The molecule has 0 unspecified atom stereocenters. The number of aliphatic hydroxyl groups excluding tert-OH is 1. The Balaban J connectivity index is 2.16. The topological polar surface area (TPSA) is 38.7 Å². The lowest BCUT2D eigenvalue weighted by Crippen LogP contribution is -2.13. The Morgan fingerprint density at radius 3 is 2.72 bits per heavy atom. The molecule has 1 aliphatic carbocycles. The number of aryl methyl sites for hydroxylation is 1. The molecule has 0 spiro atoms. The quantitative estimate of drug-likeness (QED) is 0.843. The van der Waals surface area contributed by atoms with Crippen LogP contribution < -0.4 is 9.47 Å². The Morgan fingerprint density at radius 1 is 1.28 bits per heavy atom. The number of aliphatic hydroxyl groups is 1. The van der Waals surface area contributed by atoms with Crippen molar-refractivity contribution in [1.29, 1.82) is 0 Å². The van der Waals surface area contributed by atoms with Gasteiger partial charge >= 0.3 is 0 Å². The highest BCUT2D eigenvalue weighted by Gasteiger charge is 2.20. The minimum Gasteiger partial charge on any atom is -0.493 e. The highest BCUT2D eigenvalue weighted by atomic mass is 16.5. The van der Waals surface area contributed by atoms with Gasteiger partial charge in [0, 0.05) is 6.61 Å². The number of ether oxygens (including phenoxy) is 2. The Morgan fingerprint density at radius 2 is 2.06 bits per heavy atom. The van der Waals surface area contributed by atoms with E-state index in [-0.39, 0.29) is 6.61 Å². The first kappa shape index (κ1) is 13.2. The number of para-hydroxylation sites is 1. The zero-order chi connectivity index (χ0) is 12.8. The summed E-state index contributed by atoms with van der Waals surface area (Å²) in [5.74, 6) is 1.68. The van der Waals surface area contributed by atoms with Gasteiger partial charge in [-0.15, -0.1) is 0 Å². The number of hydrogen-bond donors (Lipinski definition) is 1. The summed E-state index contributed by atoms with van der Waals surface area (Å²) in [4.78, 5) is 0. The summed E-state index contributed by atoms with van der Waals surface area (Å²) in [6, 6.07) is 5.97. The molecule has 18 heavy (non-hydrogen) atoms. The molecule has 0 bridgehead atoms. The first-order valence-corrected chi connectivity index (χ1v) is 6.78. The standard InChI is InChI=1S/C15H22O3/c1-17-14-10-4-6-12(7-5-11-16)15(14)18-13-8-2-3-9-13/h4,6,10,13,16H,2-3,5,7-9,11H2,1H3. The van der Waals surface area contributed by atoms with Crippen molar-refractivity contribution in [2.24, 2.45) is 0 Å². The van der Waals surface area contributed by atoms with Crippen LogP contribution in [0.15, 0.2) is 18.2 Å². The van der Waals surface area contributed by atoms with E-state index in [1.54, 1.807) is 7.11 Å². The van der Waals surface area contributed by atoms with Crippen LogP contribution in [0.4, 0.5) is 0 Å². The van der Waals surface area contributed by atoms with Crippen LogP contribution in [-0.2, 0) is 6.42 Å². The predicted octanol–water partition coefficient (Wildman–Crippen LogP) is 2.94. The highest BCUT2D eigenvalue weighted by molar-refractivity contribution is 5.46. The average Bonchev–Trinajstić information content (AvgIpc) is 2.90. The monoisotopic (exact) mass is 250 g/mol. The number of benzene rings is 1. The maximum absolute atomic E-state index is 8.96. The van der Waals surface area contributed by atoms with Crippen molar-refractivity contribution < 1.29 is 14.6 Å². The summed E-state index contributed by atoms with van der Waals surface area (Å²) in [5, 5.41) is 8.96. The lowest BCUT2D eigenvalue weighted by atomic mass is 10.1. The Labute approximate surface area is 109 Å². The lowest BCUT2D eigenvalue weighted by Gasteiger charge is -2.19. The van der Waals surface area contributed by atoms with Crippen molar-refractivity contribution in [2.75, 3.05) is 13.7 Å². The molecule has 1 aromatic carbocycles. The zero-order valence-electron chi connectivity index (χ0n) is 11.0. The second-order valence-electron chi connectivity index (χ2n) is 4.80. The van der Waals surface area contributed by atoms with Gasteiger partial charge < -0.3 is 14.6 Å². The minimum absolute atomic E-state index is 0.208. The van der Waals surface area contributed by atoms with E-state index in [1.165, 1.54) is 12.8 Å². The van der Waals surface area contributed by atoms with E-state index >= 15 is 0 Å². The van der Waals surface area contributed by atoms with Gasteiger partial charge in [-0.1, -0.05) is 12.1 Å². The molecule has 0 radical (unpaired) electrons. The summed E-state index contributed by atoms with van der Waals surface area (Å²) in [5.41, 5.74) is 1.13. The van der Waals surface area contributed by atoms with E-state index in [2.05, 4.69) is 6.07 Å². The largest absolute Gasteiger partial charge is 0.493 e. The fourth-order valence-electron chi connectivity index (χ4n) is 2.50. The van der Waals surface area contributed by atoms with Gasteiger partial charge in [-0.05, 0) is 50.2 Å². The maximum atomic E-state index is 8.96. The molecule has 1 saturated carbocycles. The summed E-state index contributed by atoms with van der Waals surface area (Å²) in [6.07, 6.45) is 6.70. The van der Waals surface area contributed by atoms with Gasteiger partial charge in [0.1, 0.15) is 0 Å². The van der Waals surface area contributed by atoms with E-state index in [1.807, 2.05) is 12.1 Å². The molecular formula is C15H22O3. The molecule has 100 valence electrons. The predicted molar refractivity (Wildman–Crippen MR) is 71.3 cm³/mol. The van der Waals surface area contributed by atoms with Crippen LogP contribution in [0, 0.1) is 0 Å². The van der Waals surface area contributed by atoms with Crippen LogP contribution >= 0.6 is 0 Å². The van der Waals surface area contributed by atoms with E-state index in [9.17, 15) is 0 Å². The first-order valence-electron chi connectivity index (χ1n) is 6.78. The third-order valence-electron chi connectivity index (χ3n) is 3.47. The van der Waals surface area contributed by atoms with Crippen molar-refractivity contribution in [2.45, 2.75) is 44.6 Å². The van der Waals surface area contributed by atoms with Crippen molar-refractivity contribution >= 4 is 0 Å². The van der Waals surface area contributed by atoms with Crippen LogP contribution in [-0.4, -0.2) is 24.9 Å². The summed E-state index contributed by atoms with van der Waals surface area (Å²) in [7, 11) is 1.67. The second-order valence-corrected chi connectivity index (χ2v) is 4.80. The zero-order valence-corrected chi connectivity index (χ0v) is 11.0. The average molecular weight is 250 g/mol. The normalized spacial score (nSPS) is 15.9. The summed E-state index contributed by atoms with van der Waals surface area (Å²) in [6.45, 7) is 0.208. The maximum Gasteiger partial charge on any atom is 0.164 e. The molecule has 3 heteroatoms. The Hall–Kier alpha value is -1.22. The second kappa shape index (κ2) is 6.64. The molecule has 1 aromatic rings. The van der Waals surface area contributed by atoms with Crippen LogP contribution in [0.3, 0.4) is 0 Å². The molecule has 2 rings (SSSR count). The fourth-order valence-corrected chi connectivity index (χ4v) is 2.50. The van der Waals surface area contributed by atoms with Crippen molar-refractivity contribution in [3.63, 3.8) is 0 Å². The number of methoxy groups -OCH3 is 1. The first-order chi connectivity index (χ1) is 8.85. The summed E-state index contributed by atoms with van der Waals surface area (Å²) >= 11 is 0. The molecule has 0 aromatic heterocycles. The van der Waals surface area contributed by atoms with Gasteiger partial charge in [-0.3, -0.25) is 0 Å². The molecular weight excluding hydrogens is 228 g/mol. The molecule has 0 aliphatic heterocycles. The van der Waals surface area contributed by atoms with E-state index < -0.39 is 0 Å². The van der Waals surface area contributed by atoms with E-state index in [0.29, 0.717) is 6.10 Å². The van der Waals surface area contributed by atoms with Gasteiger partial charge in [0.05, 0.1) is 13.2 Å². The van der Waals surface area contributed by atoms with Crippen LogP contribution in [0.5, 0.6) is 11.5 Å². The van der Waals surface area contributed by atoms with Crippen LogP contribution in [0.1, 0.15) is 37.7 Å². The lowest BCUT2D eigenvalue weighted by molar-refractivity contribution is 0.198. The number of hydrogen-bond acceptors (Lipinski definition) is 3. The molecule has 3 nitrogen and oxygen atoms in total. The third-order valence-corrected chi connectivity index (χ3v) is 3.47. The highest BCUT2D eigenvalue weighted by Crippen LogP contribution is 2.35.